The molecule has 0 unspecified atom stereocenters. The molecule has 32 heavy (non-hydrogen) atoms. The van der Waals surface area contributed by atoms with Gasteiger partial charge in [0.25, 0.3) is 0 Å². The zero-order valence-corrected chi connectivity index (χ0v) is 18.5. The van der Waals surface area contributed by atoms with Crippen LogP contribution in [0, 0.1) is 0 Å². The number of benzene rings is 2. The third-order valence-corrected chi connectivity index (χ3v) is 6.53. The molecule has 1 aliphatic rings. The van der Waals surface area contributed by atoms with Gasteiger partial charge in [-0.3, -0.25) is 9.52 Å². The average Bonchev–Trinajstić information content (AvgIpc) is 3.49. The van der Waals surface area contributed by atoms with Crippen LogP contribution in [0.4, 0.5) is 5.69 Å². The van der Waals surface area contributed by atoms with E-state index in [4.69, 9.17) is 9.15 Å². The van der Waals surface area contributed by atoms with Gasteiger partial charge in [-0.15, -0.1) is 0 Å². The van der Waals surface area contributed by atoms with Gasteiger partial charge in [0.05, 0.1) is 30.9 Å². The fourth-order valence-electron chi connectivity index (χ4n) is 3.55. The van der Waals surface area contributed by atoms with Crippen LogP contribution in [-0.4, -0.2) is 37.9 Å². The van der Waals surface area contributed by atoms with Crippen molar-refractivity contribution in [3.63, 3.8) is 0 Å². The average molecular weight is 454 g/mol. The van der Waals surface area contributed by atoms with E-state index in [0.29, 0.717) is 23.6 Å². The van der Waals surface area contributed by atoms with E-state index >= 15 is 0 Å². The Balaban J connectivity index is 1.67. The predicted molar refractivity (Wildman–Crippen MR) is 121 cm³/mol. The van der Waals surface area contributed by atoms with Crippen LogP contribution in [0.25, 0.3) is 0 Å². The Hall–Kier alpha value is -3.59. The summed E-state index contributed by atoms with van der Waals surface area (Å²) < 4.78 is 36.9. The summed E-state index contributed by atoms with van der Waals surface area (Å²) in [6.07, 6.45) is 1.91. The second kappa shape index (κ2) is 8.88. The van der Waals surface area contributed by atoms with Gasteiger partial charge in [0.2, 0.25) is 10.0 Å². The first-order valence-corrected chi connectivity index (χ1v) is 11.8. The molecular weight excluding hydrogens is 430 g/mol. The van der Waals surface area contributed by atoms with Crippen molar-refractivity contribution in [2.45, 2.75) is 19.4 Å². The molecule has 1 N–H and O–H groups in total. The molecule has 9 heteroatoms. The van der Waals surface area contributed by atoms with Crippen LogP contribution < -0.4 is 9.46 Å². The van der Waals surface area contributed by atoms with E-state index in [1.54, 1.807) is 50.4 Å². The fourth-order valence-corrected chi connectivity index (χ4v) is 4.19. The number of amides is 1. The lowest BCUT2D eigenvalue weighted by molar-refractivity contribution is 0.0677. The van der Waals surface area contributed by atoms with Gasteiger partial charge in [0.15, 0.2) is 5.76 Å². The summed E-state index contributed by atoms with van der Waals surface area (Å²) in [6, 6.07) is 17.3. The maximum absolute atomic E-state index is 13.1. The van der Waals surface area contributed by atoms with Crippen molar-refractivity contribution in [3.8, 4) is 5.75 Å². The van der Waals surface area contributed by atoms with E-state index in [-0.39, 0.29) is 23.5 Å². The third-order valence-electron chi connectivity index (χ3n) is 5.22. The molecule has 0 spiro atoms. The number of ether oxygens (including phenoxy) is 1. The number of nitrogens with zero attached hydrogens (tertiary/aromatic N) is 2. The molecule has 1 aliphatic heterocycles. The smallest absolute Gasteiger partial charge is 0.310 e. The van der Waals surface area contributed by atoms with Crippen LogP contribution in [0.3, 0.4) is 0 Å². The molecule has 0 saturated carbocycles. The number of hydrazone groups is 1. The number of nitrogens with one attached hydrogen (secondary N) is 1. The van der Waals surface area contributed by atoms with E-state index < -0.39 is 10.0 Å². The number of hydrogen-bond acceptors (Lipinski definition) is 6. The summed E-state index contributed by atoms with van der Waals surface area (Å²) in [7, 11) is -1.77. The Morgan fingerprint density at radius 2 is 1.91 bits per heavy atom. The maximum Gasteiger partial charge on any atom is 0.310 e. The Kier molecular flexibility index (Phi) is 6.00. The molecule has 3 aromatic rings. The number of methoxy groups -OCH3 is 1. The zero-order chi connectivity index (χ0) is 22.7. The van der Waals surface area contributed by atoms with Crippen molar-refractivity contribution in [1.29, 1.82) is 0 Å². The molecule has 2 heterocycles. The molecule has 4 rings (SSSR count). The quantitative estimate of drug-likeness (QED) is 0.582. The first-order chi connectivity index (χ1) is 15.4. The summed E-state index contributed by atoms with van der Waals surface area (Å²) in [5, 5.41) is 6.03. The summed E-state index contributed by atoms with van der Waals surface area (Å²) >= 11 is 0. The number of rotatable bonds is 7. The van der Waals surface area contributed by atoms with E-state index in [9.17, 15) is 13.2 Å². The third kappa shape index (κ3) is 4.38. The van der Waals surface area contributed by atoms with Gasteiger partial charge in [0, 0.05) is 17.7 Å². The topological polar surface area (TPSA) is 101 Å². The van der Waals surface area contributed by atoms with Crippen LogP contribution in [0.1, 0.15) is 41.1 Å². The van der Waals surface area contributed by atoms with Gasteiger partial charge in [-0.2, -0.15) is 5.10 Å². The SMILES string of the molecule is CCS(=O)(=O)Nc1ccc(C2=NN(C(=O)c3ccco3)[C@@H](c3ccccc3OC)C2)cc1. The van der Waals surface area contributed by atoms with Gasteiger partial charge in [0.1, 0.15) is 5.75 Å². The van der Waals surface area contributed by atoms with Crippen molar-refractivity contribution in [3.05, 3.63) is 83.8 Å². The first-order valence-electron chi connectivity index (χ1n) is 10.1. The van der Waals surface area contributed by atoms with Crippen molar-refractivity contribution < 1.29 is 22.4 Å². The number of hydrogen-bond donors (Lipinski definition) is 1. The minimum absolute atomic E-state index is 0.00804. The Morgan fingerprint density at radius 3 is 2.56 bits per heavy atom. The molecule has 0 bridgehead atoms. The molecule has 166 valence electrons. The van der Waals surface area contributed by atoms with Crippen LogP contribution in [-0.2, 0) is 10.0 Å². The van der Waals surface area contributed by atoms with E-state index in [1.165, 1.54) is 11.3 Å². The fraction of sp³-hybridized carbons (Fsp3) is 0.217. The van der Waals surface area contributed by atoms with Crippen molar-refractivity contribution in [2.75, 3.05) is 17.6 Å². The summed E-state index contributed by atoms with van der Waals surface area (Å²) in [6.45, 7) is 1.58. The molecule has 1 atom stereocenters. The summed E-state index contributed by atoms with van der Waals surface area (Å²) in [4.78, 5) is 13.1. The second-order valence-corrected chi connectivity index (χ2v) is 9.23. The number of sulfonamides is 1. The lowest BCUT2D eigenvalue weighted by Crippen LogP contribution is -2.27. The van der Waals surface area contributed by atoms with Gasteiger partial charge < -0.3 is 9.15 Å². The van der Waals surface area contributed by atoms with E-state index in [0.717, 1.165) is 11.1 Å². The first kappa shape index (κ1) is 21.6. The molecule has 2 aromatic carbocycles. The lowest BCUT2D eigenvalue weighted by Gasteiger charge is -2.22. The number of carbonyl (C=O) groups is 1. The van der Waals surface area contributed by atoms with Crippen LogP contribution in [0.2, 0.25) is 0 Å². The predicted octanol–water partition coefficient (Wildman–Crippen LogP) is 4.04. The maximum atomic E-state index is 13.1. The number of anilines is 1. The summed E-state index contributed by atoms with van der Waals surface area (Å²) in [5.74, 6) is 0.495. The van der Waals surface area contributed by atoms with E-state index in [2.05, 4.69) is 9.82 Å². The Morgan fingerprint density at radius 1 is 1.16 bits per heavy atom. The Bertz CT molecular complexity index is 1230. The van der Waals surface area contributed by atoms with Crippen molar-refractivity contribution >= 4 is 27.3 Å². The van der Waals surface area contributed by atoms with Crippen LogP contribution in [0.15, 0.2) is 76.4 Å². The molecule has 1 amide bonds. The second-order valence-electron chi connectivity index (χ2n) is 7.22. The largest absolute Gasteiger partial charge is 0.496 e. The lowest BCUT2D eigenvalue weighted by atomic mass is 9.97. The minimum Gasteiger partial charge on any atom is -0.496 e. The van der Waals surface area contributed by atoms with E-state index in [1.807, 2.05) is 24.3 Å². The molecule has 8 nitrogen and oxygen atoms in total. The molecule has 1 aromatic heterocycles. The number of para-hydroxylation sites is 1. The van der Waals surface area contributed by atoms with Crippen LogP contribution >= 0.6 is 0 Å². The normalized spacial score (nSPS) is 16.0. The van der Waals surface area contributed by atoms with Gasteiger partial charge in [-0.25, -0.2) is 13.4 Å². The van der Waals surface area contributed by atoms with Gasteiger partial charge >= 0.3 is 5.91 Å². The summed E-state index contributed by atoms with van der Waals surface area (Å²) in [5.41, 5.74) is 2.80. The van der Waals surface area contributed by atoms with Crippen molar-refractivity contribution in [2.24, 2.45) is 5.10 Å². The van der Waals surface area contributed by atoms with Gasteiger partial charge in [-0.1, -0.05) is 30.3 Å². The Labute approximate surface area is 186 Å². The molecule has 0 fully saturated rings. The van der Waals surface area contributed by atoms with Gasteiger partial charge in [-0.05, 0) is 42.8 Å². The van der Waals surface area contributed by atoms with Crippen molar-refractivity contribution in [1.82, 2.24) is 5.01 Å². The standard InChI is InChI=1S/C23H23N3O5S/c1-3-32(28,29)25-17-12-10-16(11-13-17)19-15-20(18-7-4-5-8-21(18)30-2)26(24-19)23(27)22-9-6-14-31-22/h4-14,20,25H,3,15H2,1-2H3/t20-/m1/s1. The molecular formula is C23H23N3O5S. The highest BCUT2D eigenvalue weighted by atomic mass is 32.2. The highest BCUT2D eigenvalue weighted by Gasteiger charge is 2.36. The highest BCUT2D eigenvalue weighted by Crippen LogP contribution is 2.38. The zero-order valence-electron chi connectivity index (χ0n) is 17.7. The molecule has 0 radical (unpaired) electrons. The monoisotopic (exact) mass is 453 g/mol. The minimum atomic E-state index is -3.36. The number of furan rings is 1. The molecule has 0 saturated heterocycles. The number of carbonyl (C=O) groups excluding carboxylic acids is 1. The highest BCUT2D eigenvalue weighted by molar-refractivity contribution is 7.92. The molecule has 0 aliphatic carbocycles. The van der Waals surface area contributed by atoms with Crippen LogP contribution in [0.5, 0.6) is 5.75 Å².